The summed E-state index contributed by atoms with van der Waals surface area (Å²) < 4.78 is 26.8. The Morgan fingerprint density at radius 1 is 1.00 bits per heavy atom. The number of carbonyl (C=O) groups excluding carboxylic acids is 2. The molecular formula is C20H24N4O4S. The van der Waals surface area contributed by atoms with Crippen molar-refractivity contribution in [1.29, 1.82) is 0 Å². The van der Waals surface area contributed by atoms with Gasteiger partial charge >= 0.3 is 0 Å². The van der Waals surface area contributed by atoms with Crippen LogP contribution in [-0.4, -0.2) is 42.6 Å². The average Bonchev–Trinajstić information content (AvgIpc) is 2.77. The number of rotatable bonds is 6. The molecule has 0 bridgehead atoms. The first-order valence-electron chi connectivity index (χ1n) is 9.55. The molecule has 1 aliphatic rings. The van der Waals surface area contributed by atoms with Crippen molar-refractivity contribution < 1.29 is 18.0 Å². The van der Waals surface area contributed by atoms with Crippen molar-refractivity contribution in [3.05, 3.63) is 59.9 Å². The summed E-state index contributed by atoms with van der Waals surface area (Å²) in [5.74, 6) is -0.786. The molecule has 1 aromatic carbocycles. The van der Waals surface area contributed by atoms with Gasteiger partial charge in [-0.15, -0.1) is 0 Å². The Labute approximate surface area is 170 Å². The van der Waals surface area contributed by atoms with Gasteiger partial charge < -0.3 is 0 Å². The van der Waals surface area contributed by atoms with Crippen LogP contribution in [-0.2, 0) is 21.2 Å². The largest absolute Gasteiger partial charge is 0.273 e. The molecule has 0 radical (unpaired) electrons. The fourth-order valence-corrected chi connectivity index (χ4v) is 4.62. The molecule has 2 N–H and O–H groups in total. The number of aryl methyl sites for hydroxylation is 1. The minimum atomic E-state index is -3.45. The highest BCUT2D eigenvalue weighted by atomic mass is 32.2. The van der Waals surface area contributed by atoms with Crippen molar-refractivity contribution in [2.45, 2.75) is 37.0 Å². The minimum absolute atomic E-state index is 0.158. The highest BCUT2D eigenvalue weighted by Gasteiger charge is 2.25. The van der Waals surface area contributed by atoms with Crippen LogP contribution in [0.15, 0.2) is 53.7 Å². The van der Waals surface area contributed by atoms with Crippen LogP contribution in [0.3, 0.4) is 0 Å². The van der Waals surface area contributed by atoms with Crippen LogP contribution >= 0.6 is 0 Å². The highest BCUT2D eigenvalue weighted by Crippen LogP contribution is 2.21. The van der Waals surface area contributed by atoms with Crippen LogP contribution in [0.2, 0.25) is 0 Å². The number of sulfonamides is 1. The Kier molecular flexibility index (Phi) is 6.95. The standard InChI is InChI=1S/C20H24N4O4S/c25-19(22-23-20(26)17-5-4-12-21-15-17)11-8-16-6-9-18(10-7-16)29(27,28)24-13-2-1-3-14-24/h4-7,9-10,12,15H,1-3,8,11,13-14H2,(H,22,25)(H,23,26). The maximum absolute atomic E-state index is 12.6. The van der Waals surface area contributed by atoms with Gasteiger partial charge in [-0.1, -0.05) is 18.6 Å². The van der Waals surface area contributed by atoms with Crippen LogP contribution in [0.25, 0.3) is 0 Å². The summed E-state index contributed by atoms with van der Waals surface area (Å²) in [6.07, 6.45) is 6.40. The molecule has 2 amide bonds. The number of amides is 2. The first-order valence-corrected chi connectivity index (χ1v) is 11.0. The van der Waals surface area contributed by atoms with Crippen LogP contribution in [0, 0.1) is 0 Å². The lowest BCUT2D eigenvalue weighted by Gasteiger charge is -2.25. The van der Waals surface area contributed by atoms with E-state index in [1.54, 1.807) is 42.6 Å². The molecule has 154 valence electrons. The molecule has 29 heavy (non-hydrogen) atoms. The van der Waals surface area contributed by atoms with Gasteiger partial charge in [-0.3, -0.25) is 25.4 Å². The van der Waals surface area contributed by atoms with E-state index in [4.69, 9.17) is 0 Å². The smallest absolute Gasteiger partial charge is 0.271 e. The Morgan fingerprint density at radius 3 is 2.38 bits per heavy atom. The number of benzene rings is 1. The fraction of sp³-hybridized carbons (Fsp3) is 0.350. The van der Waals surface area contributed by atoms with Crippen LogP contribution < -0.4 is 10.9 Å². The molecule has 2 aromatic rings. The molecule has 8 nitrogen and oxygen atoms in total. The summed E-state index contributed by atoms with van der Waals surface area (Å²) >= 11 is 0. The summed E-state index contributed by atoms with van der Waals surface area (Å²) in [5, 5.41) is 0. The quantitative estimate of drug-likeness (QED) is 0.696. The topological polar surface area (TPSA) is 108 Å². The summed E-state index contributed by atoms with van der Waals surface area (Å²) in [7, 11) is -3.45. The molecule has 1 fully saturated rings. The number of nitrogens with zero attached hydrogens (tertiary/aromatic N) is 2. The number of aromatic nitrogens is 1. The van der Waals surface area contributed by atoms with Crippen molar-refractivity contribution in [3.8, 4) is 0 Å². The number of pyridine rings is 1. The molecule has 0 spiro atoms. The molecule has 1 saturated heterocycles. The third-order valence-electron chi connectivity index (χ3n) is 4.76. The minimum Gasteiger partial charge on any atom is -0.273 e. The zero-order valence-electron chi connectivity index (χ0n) is 16.0. The SMILES string of the molecule is O=C(CCc1ccc(S(=O)(=O)N2CCCCC2)cc1)NNC(=O)c1cccnc1. The van der Waals surface area contributed by atoms with Gasteiger partial charge in [0.2, 0.25) is 15.9 Å². The monoisotopic (exact) mass is 416 g/mol. The summed E-state index contributed by atoms with van der Waals surface area (Å²) in [6, 6.07) is 9.83. The van der Waals surface area contributed by atoms with Crippen molar-refractivity contribution in [1.82, 2.24) is 20.1 Å². The predicted octanol–water partition coefficient (Wildman–Crippen LogP) is 1.65. The van der Waals surface area contributed by atoms with E-state index in [-0.39, 0.29) is 17.2 Å². The van der Waals surface area contributed by atoms with E-state index in [0.717, 1.165) is 24.8 Å². The van der Waals surface area contributed by atoms with Gasteiger partial charge in [-0.05, 0) is 49.1 Å². The van der Waals surface area contributed by atoms with E-state index < -0.39 is 15.9 Å². The number of hydrogen-bond donors (Lipinski definition) is 2. The van der Waals surface area contributed by atoms with Crippen molar-refractivity contribution >= 4 is 21.8 Å². The van der Waals surface area contributed by atoms with Crippen LogP contribution in [0.1, 0.15) is 41.6 Å². The van der Waals surface area contributed by atoms with E-state index in [2.05, 4.69) is 15.8 Å². The molecular weight excluding hydrogens is 392 g/mol. The van der Waals surface area contributed by atoms with Crippen molar-refractivity contribution in [2.24, 2.45) is 0 Å². The molecule has 1 aromatic heterocycles. The number of carbonyl (C=O) groups is 2. The van der Waals surface area contributed by atoms with Crippen molar-refractivity contribution in [2.75, 3.05) is 13.1 Å². The van der Waals surface area contributed by atoms with Gasteiger partial charge in [0.05, 0.1) is 10.5 Å². The molecule has 2 heterocycles. The third kappa shape index (κ3) is 5.61. The Bertz CT molecular complexity index is 940. The second kappa shape index (κ2) is 9.62. The van der Waals surface area contributed by atoms with Gasteiger partial charge in [0.25, 0.3) is 5.91 Å². The number of hydrazine groups is 1. The van der Waals surface area contributed by atoms with Gasteiger partial charge in [0.15, 0.2) is 0 Å². The van der Waals surface area contributed by atoms with Gasteiger partial charge in [-0.25, -0.2) is 8.42 Å². The van der Waals surface area contributed by atoms with E-state index in [0.29, 0.717) is 25.1 Å². The Balaban J connectivity index is 1.48. The van der Waals surface area contributed by atoms with Gasteiger partial charge in [-0.2, -0.15) is 4.31 Å². The number of nitrogens with one attached hydrogen (secondary N) is 2. The lowest BCUT2D eigenvalue weighted by molar-refractivity contribution is -0.121. The molecule has 0 atom stereocenters. The Morgan fingerprint density at radius 2 is 1.72 bits per heavy atom. The molecule has 0 unspecified atom stereocenters. The maximum atomic E-state index is 12.6. The van der Waals surface area contributed by atoms with Gasteiger partial charge in [0, 0.05) is 31.9 Å². The molecule has 0 saturated carbocycles. The lowest BCUT2D eigenvalue weighted by atomic mass is 10.1. The first kappa shape index (κ1) is 20.9. The summed E-state index contributed by atoms with van der Waals surface area (Å²) in [5.41, 5.74) is 5.89. The second-order valence-electron chi connectivity index (χ2n) is 6.85. The second-order valence-corrected chi connectivity index (χ2v) is 8.79. The molecule has 0 aliphatic carbocycles. The molecule has 9 heteroatoms. The maximum Gasteiger partial charge on any atom is 0.271 e. The lowest BCUT2D eigenvalue weighted by Crippen LogP contribution is -2.41. The number of piperidine rings is 1. The summed E-state index contributed by atoms with van der Waals surface area (Å²) in [4.78, 5) is 27.9. The zero-order chi connectivity index (χ0) is 20.7. The van der Waals surface area contributed by atoms with Crippen molar-refractivity contribution in [3.63, 3.8) is 0 Å². The van der Waals surface area contributed by atoms with Crippen LogP contribution in [0.5, 0.6) is 0 Å². The molecule has 3 rings (SSSR count). The Hall–Kier alpha value is -2.78. The van der Waals surface area contributed by atoms with E-state index >= 15 is 0 Å². The normalized spacial score (nSPS) is 14.9. The van der Waals surface area contributed by atoms with E-state index in [1.807, 2.05) is 0 Å². The average molecular weight is 417 g/mol. The first-order chi connectivity index (χ1) is 14.0. The number of hydrogen-bond acceptors (Lipinski definition) is 5. The van der Waals surface area contributed by atoms with E-state index in [1.165, 1.54) is 10.5 Å². The van der Waals surface area contributed by atoms with Crippen LogP contribution in [0.4, 0.5) is 0 Å². The fourth-order valence-electron chi connectivity index (χ4n) is 3.10. The zero-order valence-corrected chi connectivity index (χ0v) is 16.8. The predicted molar refractivity (Wildman–Crippen MR) is 107 cm³/mol. The third-order valence-corrected chi connectivity index (χ3v) is 6.67. The highest BCUT2D eigenvalue weighted by molar-refractivity contribution is 7.89. The van der Waals surface area contributed by atoms with Gasteiger partial charge in [0.1, 0.15) is 0 Å². The molecule has 1 aliphatic heterocycles. The van der Waals surface area contributed by atoms with E-state index in [9.17, 15) is 18.0 Å². The summed E-state index contributed by atoms with van der Waals surface area (Å²) in [6.45, 7) is 1.13.